The van der Waals surface area contributed by atoms with Crippen molar-refractivity contribution in [3.8, 4) is 0 Å². The molecule has 0 fully saturated rings. The van der Waals surface area contributed by atoms with Gasteiger partial charge in [-0.1, -0.05) is 0 Å². The lowest BCUT2D eigenvalue weighted by Crippen LogP contribution is -2.22. The molecule has 0 atom stereocenters. The second-order valence-electron chi connectivity index (χ2n) is 4.95. The van der Waals surface area contributed by atoms with Gasteiger partial charge in [0, 0.05) is 22.7 Å². The number of carbonyl (C=O) groups is 2. The number of ether oxygens (including phenoxy) is 1. The van der Waals surface area contributed by atoms with Crippen LogP contribution < -0.4 is 5.32 Å². The summed E-state index contributed by atoms with van der Waals surface area (Å²) in [5.74, 6) is -0.0980. The highest BCUT2D eigenvalue weighted by Gasteiger charge is 2.13. The van der Waals surface area contributed by atoms with E-state index in [2.05, 4.69) is 10.3 Å². The molecule has 0 aliphatic carbocycles. The number of rotatable bonds is 5. The third-order valence-corrected chi connectivity index (χ3v) is 3.38. The van der Waals surface area contributed by atoms with E-state index in [4.69, 9.17) is 9.15 Å². The maximum Gasteiger partial charge on any atom is 0.374 e. The zero-order valence-electron chi connectivity index (χ0n) is 12.6. The van der Waals surface area contributed by atoms with E-state index in [0.29, 0.717) is 11.3 Å². The second-order valence-corrected chi connectivity index (χ2v) is 4.95. The first-order chi connectivity index (χ1) is 11.2. The van der Waals surface area contributed by atoms with Crippen LogP contribution in [0.15, 0.2) is 47.0 Å². The van der Waals surface area contributed by atoms with Gasteiger partial charge in [-0.3, -0.25) is 4.79 Å². The number of furan rings is 1. The van der Waals surface area contributed by atoms with Crippen molar-refractivity contribution in [3.05, 3.63) is 59.7 Å². The summed E-state index contributed by atoms with van der Waals surface area (Å²) in [6.45, 7) is 2.21. The molecule has 6 nitrogen and oxygen atoms in total. The number of fused-ring (bicyclic) bond motifs is 1. The van der Waals surface area contributed by atoms with E-state index < -0.39 is 5.97 Å². The first-order valence-electron chi connectivity index (χ1n) is 7.28. The van der Waals surface area contributed by atoms with Crippen molar-refractivity contribution < 1.29 is 18.7 Å². The second kappa shape index (κ2) is 6.39. The molecule has 0 aliphatic rings. The fraction of sp³-hybridized carbons (Fsp3) is 0.176. The van der Waals surface area contributed by atoms with Gasteiger partial charge < -0.3 is 19.5 Å². The number of amides is 1. The standard InChI is InChI=1S/C17H16N2O4/c1-2-22-17(21)15-6-4-13(23-15)10-19-16(20)12-3-5-14-11(9-12)7-8-18-14/h3-9,18H,2,10H2,1H3,(H,19,20). The number of esters is 1. The first kappa shape index (κ1) is 14.9. The number of hydrogen-bond acceptors (Lipinski definition) is 4. The smallest absolute Gasteiger partial charge is 0.374 e. The number of aromatic nitrogens is 1. The largest absolute Gasteiger partial charge is 0.460 e. The van der Waals surface area contributed by atoms with Crippen LogP contribution in [-0.2, 0) is 11.3 Å². The molecule has 2 N–H and O–H groups in total. The highest BCUT2D eigenvalue weighted by Crippen LogP contribution is 2.14. The maximum atomic E-state index is 12.2. The molecule has 0 spiro atoms. The summed E-state index contributed by atoms with van der Waals surface area (Å²) in [5.41, 5.74) is 1.54. The molecule has 0 aliphatic heterocycles. The molecule has 118 valence electrons. The number of nitrogens with one attached hydrogen (secondary N) is 2. The van der Waals surface area contributed by atoms with Crippen molar-refractivity contribution in [2.45, 2.75) is 13.5 Å². The Morgan fingerprint density at radius 1 is 1.22 bits per heavy atom. The maximum absolute atomic E-state index is 12.2. The van der Waals surface area contributed by atoms with E-state index in [-0.39, 0.29) is 24.8 Å². The van der Waals surface area contributed by atoms with Gasteiger partial charge in [0.2, 0.25) is 5.76 Å². The van der Waals surface area contributed by atoms with Crippen LogP contribution in [0.5, 0.6) is 0 Å². The Morgan fingerprint density at radius 2 is 2.09 bits per heavy atom. The molecule has 1 amide bonds. The van der Waals surface area contributed by atoms with Gasteiger partial charge in [0.15, 0.2) is 0 Å². The number of carbonyl (C=O) groups excluding carboxylic acids is 2. The summed E-state index contributed by atoms with van der Waals surface area (Å²) in [5, 5.41) is 3.73. The summed E-state index contributed by atoms with van der Waals surface area (Å²) >= 11 is 0. The van der Waals surface area contributed by atoms with Crippen molar-refractivity contribution in [2.24, 2.45) is 0 Å². The SMILES string of the molecule is CCOC(=O)c1ccc(CNC(=O)c2ccc3[nH]ccc3c2)o1. The fourth-order valence-corrected chi connectivity index (χ4v) is 2.25. The Bertz CT molecular complexity index is 847. The third kappa shape index (κ3) is 3.26. The summed E-state index contributed by atoms with van der Waals surface area (Å²) in [7, 11) is 0. The van der Waals surface area contributed by atoms with Crippen LogP contribution in [0.3, 0.4) is 0 Å². The summed E-state index contributed by atoms with van der Waals surface area (Å²) in [4.78, 5) is 26.8. The third-order valence-electron chi connectivity index (χ3n) is 3.38. The summed E-state index contributed by atoms with van der Waals surface area (Å²) in [6, 6.07) is 10.5. The van der Waals surface area contributed by atoms with Crippen LogP contribution in [-0.4, -0.2) is 23.5 Å². The van der Waals surface area contributed by atoms with Crippen molar-refractivity contribution in [3.63, 3.8) is 0 Å². The normalized spacial score (nSPS) is 10.7. The highest BCUT2D eigenvalue weighted by atomic mass is 16.5. The molecule has 2 aromatic heterocycles. The lowest BCUT2D eigenvalue weighted by Gasteiger charge is -2.04. The molecular formula is C17H16N2O4. The molecule has 0 radical (unpaired) electrons. The number of hydrogen-bond donors (Lipinski definition) is 2. The topological polar surface area (TPSA) is 84.3 Å². The first-order valence-corrected chi connectivity index (χ1v) is 7.28. The fourth-order valence-electron chi connectivity index (χ4n) is 2.25. The van der Waals surface area contributed by atoms with Gasteiger partial charge in [0.25, 0.3) is 5.91 Å². The van der Waals surface area contributed by atoms with E-state index in [1.54, 1.807) is 19.1 Å². The molecular weight excluding hydrogens is 296 g/mol. The van der Waals surface area contributed by atoms with E-state index in [1.807, 2.05) is 24.4 Å². The molecule has 23 heavy (non-hydrogen) atoms. The average Bonchev–Trinajstić information content (AvgIpc) is 3.21. The van der Waals surface area contributed by atoms with E-state index >= 15 is 0 Å². The zero-order chi connectivity index (χ0) is 16.2. The van der Waals surface area contributed by atoms with E-state index in [1.165, 1.54) is 6.07 Å². The van der Waals surface area contributed by atoms with Gasteiger partial charge in [-0.2, -0.15) is 0 Å². The van der Waals surface area contributed by atoms with Gasteiger partial charge >= 0.3 is 5.97 Å². The van der Waals surface area contributed by atoms with Crippen LogP contribution in [0.25, 0.3) is 10.9 Å². The predicted octanol–water partition coefficient (Wildman–Crippen LogP) is 2.87. The molecule has 6 heteroatoms. The van der Waals surface area contributed by atoms with Crippen molar-refractivity contribution in [1.29, 1.82) is 0 Å². The molecule has 0 saturated heterocycles. The van der Waals surface area contributed by atoms with E-state index in [0.717, 1.165) is 10.9 Å². The molecule has 0 saturated carbocycles. The van der Waals surface area contributed by atoms with Gasteiger partial charge in [0.1, 0.15) is 5.76 Å². The molecule has 3 rings (SSSR count). The van der Waals surface area contributed by atoms with Crippen LogP contribution >= 0.6 is 0 Å². The Morgan fingerprint density at radius 3 is 2.91 bits per heavy atom. The molecule has 0 unspecified atom stereocenters. The Kier molecular flexibility index (Phi) is 4.14. The van der Waals surface area contributed by atoms with Crippen LogP contribution in [0, 0.1) is 0 Å². The minimum Gasteiger partial charge on any atom is -0.460 e. The lowest BCUT2D eigenvalue weighted by atomic mass is 10.1. The molecule has 3 aromatic rings. The quantitative estimate of drug-likeness (QED) is 0.709. The Labute approximate surface area is 132 Å². The Hall–Kier alpha value is -3.02. The number of aromatic amines is 1. The lowest BCUT2D eigenvalue weighted by molar-refractivity contribution is 0.0488. The molecule has 0 bridgehead atoms. The van der Waals surface area contributed by atoms with Crippen molar-refractivity contribution >= 4 is 22.8 Å². The van der Waals surface area contributed by atoms with Crippen LogP contribution in [0.2, 0.25) is 0 Å². The van der Waals surface area contributed by atoms with Crippen molar-refractivity contribution in [2.75, 3.05) is 6.61 Å². The van der Waals surface area contributed by atoms with Gasteiger partial charge in [-0.15, -0.1) is 0 Å². The molecule has 1 aromatic carbocycles. The minimum absolute atomic E-state index is 0.129. The number of H-pyrrole nitrogens is 1. The van der Waals surface area contributed by atoms with E-state index in [9.17, 15) is 9.59 Å². The zero-order valence-corrected chi connectivity index (χ0v) is 12.6. The average molecular weight is 312 g/mol. The molecule has 2 heterocycles. The number of benzene rings is 1. The summed E-state index contributed by atoms with van der Waals surface area (Å²) < 4.78 is 10.2. The van der Waals surface area contributed by atoms with Gasteiger partial charge in [-0.05, 0) is 43.3 Å². The van der Waals surface area contributed by atoms with Crippen LogP contribution in [0.4, 0.5) is 0 Å². The monoisotopic (exact) mass is 312 g/mol. The van der Waals surface area contributed by atoms with Crippen molar-refractivity contribution in [1.82, 2.24) is 10.3 Å². The van der Waals surface area contributed by atoms with Crippen LogP contribution in [0.1, 0.15) is 33.6 Å². The van der Waals surface area contributed by atoms with Gasteiger partial charge in [0.05, 0.1) is 13.2 Å². The highest BCUT2D eigenvalue weighted by molar-refractivity contribution is 5.98. The van der Waals surface area contributed by atoms with Gasteiger partial charge in [-0.25, -0.2) is 4.79 Å². The minimum atomic E-state index is -0.511. The Balaban J connectivity index is 1.63. The predicted molar refractivity (Wildman–Crippen MR) is 84.1 cm³/mol. The summed E-state index contributed by atoms with van der Waals surface area (Å²) in [6.07, 6.45) is 1.83.